The molecule has 0 aromatic heterocycles. The number of benzene rings is 3. The van der Waals surface area contributed by atoms with Crippen LogP contribution in [-0.4, -0.2) is 28.8 Å². The molecule has 3 aromatic rings. The fourth-order valence-electron chi connectivity index (χ4n) is 4.86. The van der Waals surface area contributed by atoms with E-state index in [1.165, 1.54) is 6.42 Å². The van der Waals surface area contributed by atoms with E-state index in [0.717, 1.165) is 42.4 Å². The highest BCUT2D eigenvalue weighted by molar-refractivity contribution is 6.42. The van der Waals surface area contributed by atoms with Gasteiger partial charge in [-0.15, -0.1) is 0 Å². The molecule has 0 heterocycles. The predicted molar refractivity (Wildman–Crippen MR) is 151 cm³/mol. The summed E-state index contributed by atoms with van der Waals surface area (Å²) in [5.74, 6) is -0.293. The molecule has 1 fully saturated rings. The summed E-state index contributed by atoms with van der Waals surface area (Å²) in [6.07, 6.45) is 5.85. The van der Waals surface area contributed by atoms with Crippen molar-refractivity contribution in [2.24, 2.45) is 0 Å². The van der Waals surface area contributed by atoms with Gasteiger partial charge in [0.05, 0.1) is 16.5 Å². The molecule has 1 unspecified atom stereocenters. The van der Waals surface area contributed by atoms with Crippen LogP contribution < -0.4 is 5.32 Å². The molecule has 7 heteroatoms. The Bertz CT molecular complexity index is 1210. The zero-order chi connectivity index (χ0) is 26.2. The second-order valence-electron chi connectivity index (χ2n) is 9.63. The first kappa shape index (κ1) is 27.5. The first-order valence-corrected chi connectivity index (χ1v) is 13.8. The largest absolute Gasteiger partial charge is 0.352 e. The molecule has 1 atom stereocenters. The molecule has 4 nitrogen and oxygen atoms in total. The average Bonchev–Trinajstić information content (AvgIpc) is 2.89. The molecule has 194 valence electrons. The number of nitrogens with zero attached hydrogens (tertiary/aromatic N) is 1. The minimum absolute atomic E-state index is 0.0967. The van der Waals surface area contributed by atoms with Gasteiger partial charge in [0.1, 0.15) is 6.04 Å². The van der Waals surface area contributed by atoms with Gasteiger partial charge in [-0.1, -0.05) is 103 Å². The summed E-state index contributed by atoms with van der Waals surface area (Å²) in [6.45, 7) is 0.260. The summed E-state index contributed by atoms with van der Waals surface area (Å²) in [6, 6.07) is 21.9. The van der Waals surface area contributed by atoms with Crippen molar-refractivity contribution in [3.63, 3.8) is 0 Å². The lowest BCUT2D eigenvalue weighted by Gasteiger charge is -2.33. The van der Waals surface area contributed by atoms with Crippen LogP contribution in [0.3, 0.4) is 0 Å². The molecule has 1 N–H and O–H groups in total. The quantitative estimate of drug-likeness (QED) is 0.301. The summed E-state index contributed by atoms with van der Waals surface area (Å²) < 4.78 is 0. The third-order valence-electron chi connectivity index (χ3n) is 6.80. The van der Waals surface area contributed by atoms with Gasteiger partial charge in [0.15, 0.2) is 0 Å². The van der Waals surface area contributed by atoms with Crippen LogP contribution in [0.2, 0.25) is 15.1 Å². The van der Waals surface area contributed by atoms with E-state index < -0.39 is 6.04 Å². The zero-order valence-corrected chi connectivity index (χ0v) is 22.9. The number of hydrogen-bond acceptors (Lipinski definition) is 2. The summed E-state index contributed by atoms with van der Waals surface area (Å²) in [7, 11) is 0. The summed E-state index contributed by atoms with van der Waals surface area (Å²) in [4.78, 5) is 29.3. The summed E-state index contributed by atoms with van der Waals surface area (Å²) >= 11 is 18.6. The van der Waals surface area contributed by atoms with Crippen LogP contribution >= 0.6 is 34.8 Å². The van der Waals surface area contributed by atoms with Gasteiger partial charge in [-0.2, -0.15) is 0 Å². The summed E-state index contributed by atoms with van der Waals surface area (Å²) in [5.41, 5.74) is 2.59. The van der Waals surface area contributed by atoms with Crippen LogP contribution in [0.5, 0.6) is 0 Å². The van der Waals surface area contributed by atoms with Crippen molar-refractivity contribution >= 4 is 46.6 Å². The van der Waals surface area contributed by atoms with Crippen LogP contribution in [0.4, 0.5) is 0 Å². The predicted octanol–water partition coefficient (Wildman–Crippen LogP) is 7.28. The van der Waals surface area contributed by atoms with E-state index in [-0.39, 0.29) is 30.8 Å². The topological polar surface area (TPSA) is 49.4 Å². The normalized spacial score (nSPS) is 14.7. The van der Waals surface area contributed by atoms with E-state index in [2.05, 4.69) is 5.32 Å². The number of carbonyl (C=O) groups excluding carboxylic acids is 2. The van der Waals surface area contributed by atoms with Gasteiger partial charge in [0, 0.05) is 24.0 Å². The molecule has 0 aliphatic heterocycles. The minimum atomic E-state index is -0.682. The maximum atomic E-state index is 13.9. The van der Waals surface area contributed by atoms with E-state index in [1.807, 2.05) is 48.5 Å². The number of nitrogens with one attached hydrogen (secondary N) is 1. The van der Waals surface area contributed by atoms with Crippen LogP contribution in [0.25, 0.3) is 0 Å². The summed E-state index contributed by atoms with van der Waals surface area (Å²) in [5, 5.41) is 4.66. The number of hydrogen-bond donors (Lipinski definition) is 1. The van der Waals surface area contributed by atoms with E-state index in [1.54, 1.807) is 29.2 Å². The highest BCUT2D eigenvalue weighted by atomic mass is 35.5. The molecule has 37 heavy (non-hydrogen) atoms. The molecule has 1 saturated carbocycles. The fourth-order valence-corrected chi connectivity index (χ4v) is 5.39. The fraction of sp³-hybridized carbons (Fsp3) is 0.333. The third-order valence-corrected chi connectivity index (χ3v) is 7.78. The first-order chi connectivity index (χ1) is 17.9. The Morgan fingerprint density at radius 3 is 2.24 bits per heavy atom. The van der Waals surface area contributed by atoms with Crippen molar-refractivity contribution in [2.75, 3.05) is 0 Å². The van der Waals surface area contributed by atoms with Crippen molar-refractivity contribution in [1.82, 2.24) is 10.2 Å². The Labute approximate surface area is 233 Å². The Kier molecular flexibility index (Phi) is 9.90. The number of amides is 2. The molecule has 2 amide bonds. The SMILES string of the molecule is O=C(NC1CCCCC1)C(Cc1ccccc1)N(Cc1cccc(Cl)c1)C(=O)Cc1ccc(Cl)c(Cl)c1. The molecular weight excluding hydrogens is 527 g/mol. The average molecular weight is 558 g/mol. The Morgan fingerprint density at radius 2 is 1.54 bits per heavy atom. The smallest absolute Gasteiger partial charge is 0.243 e. The molecule has 1 aliphatic rings. The van der Waals surface area contributed by atoms with Gasteiger partial charge in [0.25, 0.3) is 0 Å². The number of carbonyl (C=O) groups is 2. The number of halogens is 3. The first-order valence-electron chi connectivity index (χ1n) is 12.7. The third kappa shape index (κ3) is 7.98. The van der Waals surface area contributed by atoms with Gasteiger partial charge < -0.3 is 10.2 Å². The van der Waals surface area contributed by atoms with Gasteiger partial charge in [-0.25, -0.2) is 0 Å². The standard InChI is InChI=1S/C30H31Cl3N2O2/c31-24-11-7-10-23(16-24)20-35(29(36)19-22-14-15-26(32)27(33)17-22)28(18-21-8-3-1-4-9-21)30(37)34-25-12-5-2-6-13-25/h1,3-4,7-11,14-17,25,28H,2,5-6,12-13,18-20H2,(H,34,37). The zero-order valence-electron chi connectivity index (χ0n) is 20.6. The highest BCUT2D eigenvalue weighted by Crippen LogP contribution is 2.25. The van der Waals surface area contributed by atoms with Crippen LogP contribution in [-0.2, 0) is 29.0 Å². The Hall–Kier alpha value is -2.53. The molecule has 0 spiro atoms. The molecule has 3 aromatic carbocycles. The van der Waals surface area contributed by atoms with Crippen molar-refractivity contribution < 1.29 is 9.59 Å². The molecule has 4 rings (SSSR count). The molecule has 1 aliphatic carbocycles. The van der Waals surface area contributed by atoms with E-state index in [4.69, 9.17) is 34.8 Å². The lowest BCUT2D eigenvalue weighted by atomic mass is 9.94. The Morgan fingerprint density at radius 1 is 0.811 bits per heavy atom. The maximum absolute atomic E-state index is 13.9. The van der Waals surface area contributed by atoms with Gasteiger partial charge >= 0.3 is 0 Å². The minimum Gasteiger partial charge on any atom is -0.352 e. The lowest BCUT2D eigenvalue weighted by Crippen LogP contribution is -2.53. The Balaban J connectivity index is 1.66. The van der Waals surface area contributed by atoms with Crippen LogP contribution in [0.1, 0.15) is 48.8 Å². The van der Waals surface area contributed by atoms with Gasteiger partial charge in [0.2, 0.25) is 11.8 Å². The molecular formula is C30H31Cl3N2O2. The molecule has 0 radical (unpaired) electrons. The van der Waals surface area contributed by atoms with Gasteiger partial charge in [-0.05, 0) is 53.8 Å². The van der Waals surface area contributed by atoms with Gasteiger partial charge in [-0.3, -0.25) is 9.59 Å². The van der Waals surface area contributed by atoms with Crippen LogP contribution in [0, 0.1) is 0 Å². The second-order valence-corrected chi connectivity index (χ2v) is 10.9. The van der Waals surface area contributed by atoms with Crippen molar-refractivity contribution in [3.8, 4) is 0 Å². The van der Waals surface area contributed by atoms with Crippen LogP contribution in [0.15, 0.2) is 72.8 Å². The van der Waals surface area contributed by atoms with Crippen molar-refractivity contribution in [1.29, 1.82) is 0 Å². The molecule has 0 saturated heterocycles. The highest BCUT2D eigenvalue weighted by Gasteiger charge is 2.32. The molecule has 0 bridgehead atoms. The van der Waals surface area contributed by atoms with Crippen molar-refractivity contribution in [2.45, 2.75) is 63.6 Å². The second kappa shape index (κ2) is 13.3. The number of rotatable bonds is 9. The maximum Gasteiger partial charge on any atom is 0.243 e. The van der Waals surface area contributed by atoms with E-state index >= 15 is 0 Å². The van der Waals surface area contributed by atoms with Crippen molar-refractivity contribution in [3.05, 3.63) is 105 Å². The monoisotopic (exact) mass is 556 g/mol. The van der Waals surface area contributed by atoms with E-state index in [0.29, 0.717) is 21.5 Å². The lowest BCUT2D eigenvalue weighted by molar-refractivity contribution is -0.141. The van der Waals surface area contributed by atoms with E-state index in [9.17, 15) is 9.59 Å².